The first-order valence-electron chi connectivity index (χ1n) is 8.41. The number of fused-ring (bicyclic) bond motifs is 2. The number of nitrogens with zero attached hydrogens (tertiary/aromatic N) is 1. The summed E-state index contributed by atoms with van der Waals surface area (Å²) in [5.41, 5.74) is 7.78. The molecule has 3 atom stereocenters. The molecule has 2 aliphatic carbocycles. The van der Waals surface area contributed by atoms with Crippen molar-refractivity contribution in [2.24, 2.45) is 5.92 Å². The number of allylic oxidation sites excluding steroid dienone is 3. The molecule has 1 saturated carbocycles. The number of hydrogen-bond acceptors (Lipinski definition) is 2. The van der Waals surface area contributed by atoms with E-state index in [0.717, 1.165) is 25.8 Å². The van der Waals surface area contributed by atoms with Crippen LogP contribution in [0, 0.1) is 11.7 Å². The van der Waals surface area contributed by atoms with Crippen LogP contribution in [0.1, 0.15) is 37.7 Å². The van der Waals surface area contributed by atoms with Crippen LogP contribution < -0.4 is 5.43 Å². The Morgan fingerprint density at radius 1 is 1.30 bits per heavy atom. The average Bonchev–Trinajstić information content (AvgIpc) is 2.88. The number of hydrazine groups is 1. The third-order valence-electron chi connectivity index (χ3n) is 5.87. The number of hydrogen-bond donors (Lipinski definition) is 1. The summed E-state index contributed by atoms with van der Waals surface area (Å²) in [4.78, 5) is 0. The molecule has 0 amide bonds. The van der Waals surface area contributed by atoms with E-state index in [9.17, 15) is 4.39 Å². The van der Waals surface area contributed by atoms with Crippen molar-refractivity contribution in [1.82, 2.24) is 10.4 Å². The fourth-order valence-electron chi connectivity index (χ4n) is 4.40. The van der Waals surface area contributed by atoms with E-state index in [1.807, 2.05) is 18.3 Å². The molecule has 1 aromatic carbocycles. The van der Waals surface area contributed by atoms with Crippen LogP contribution in [-0.4, -0.2) is 17.1 Å². The Hall–Kier alpha value is -1.87. The topological polar surface area (TPSA) is 15.3 Å². The van der Waals surface area contributed by atoms with Gasteiger partial charge >= 0.3 is 0 Å². The Morgan fingerprint density at radius 3 is 2.83 bits per heavy atom. The molecule has 4 rings (SSSR count). The third kappa shape index (κ3) is 2.34. The summed E-state index contributed by atoms with van der Waals surface area (Å²) < 4.78 is 13.1. The van der Waals surface area contributed by atoms with E-state index in [2.05, 4.69) is 36.1 Å². The highest BCUT2D eigenvalue weighted by atomic mass is 19.1. The summed E-state index contributed by atoms with van der Waals surface area (Å²) in [5.74, 6) is 0.822. The lowest BCUT2D eigenvalue weighted by Gasteiger charge is -2.44. The van der Waals surface area contributed by atoms with E-state index >= 15 is 0 Å². The number of rotatable bonds is 2. The van der Waals surface area contributed by atoms with E-state index in [-0.39, 0.29) is 11.4 Å². The molecular formula is C20H23FN2. The Morgan fingerprint density at radius 2 is 2.09 bits per heavy atom. The van der Waals surface area contributed by atoms with Crippen LogP contribution in [0.2, 0.25) is 0 Å². The zero-order valence-electron chi connectivity index (χ0n) is 13.6. The van der Waals surface area contributed by atoms with Gasteiger partial charge in [-0.15, -0.1) is 0 Å². The maximum atomic E-state index is 13.1. The van der Waals surface area contributed by atoms with E-state index in [0.29, 0.717) is 11.8 Å². The van der Waals surface area contributed by atoms with Crippen molar-refractivity contribution >= 4 is 0 Å². The second-order valence-electron chi connectivity index (χ2n) is 7.16. The molecule has 0 radical (unpaired) electrons. The summed E-state index contributed by atoms with van der Waals surface area (Å²) in [7, 11) is 0. The first-order chi connectivity index (χ1) is 11.1. The van der Waals surface area contributed by atoms with Crippen molar-refractivity contribution in [2.75, 3.05) is 6.54 Å². The second kappa shape index (κ2) is 5.34. The lowest BCUT2D eigenvalue weighted by atomic mass is 9.68. The molecule has 120 valence electrons. The monoisotopic (exact) mass is 310 g/mol. The highest BCUT2D eigenvalue weighted by Crippen LogP contribution is 2.48. The molecule has 0 aromatic heterocycles. The predicted octanol–water partition coefficient (Wildman–Crippen LogP) is 4.30. The molecule has 2 fully saturated rings. The smallest absolute Gasteiger partial charge is 0.123 e. The predicted molar refractivity (Wildman–Crippen MR) is 91.1 cm³/mol. The number of halogens is 1. The van der Waals surface area contributed by atoms with Gasteiger partial charge in [-0.25, -0.2) is 9.82 Å². The Labute approximate surface area is 137 Å². The largest absolute Gasteiger partial charge is 0.310 e. The molecule has 3 unspecified atom stereocenters. The Kier molecular flexibility index (Phi) is 3.42. The van der Waals surface area contributed by atoms with Crippen molar-refractivity contribution < 1.29 is 4.39 Å². The van der Waals surface area contributed by atoms with Gasteiger partial charge in [-0.05, 0) is 55.0 Å². The van der Waals surface area contributed by atoms with Gasteiger partial charge in [0.25, 0.3) is 0 Å². The SMILES string of the molecule is C=CN1NCC2CC3=CC(c4ccc(F)cc4)CC=C3CC21C. The molecule has 23 heavy (non-hydrogen) atoms. The van der Waals surface area contributed by atoms with Gasteiger partial charge in [0.1, 0.15) is 5.82 Å². The maximum Gasteiger partial charge on any atom is 0.123 e. The molecule has 0 bridgehead atoms. The van der Waals surface area contributed by atoms with Crippen LogP contribution in [0.15, 0.2) is 60.3 Å². The molecule has 3 heteroatoms. The second-order valence-corrected chi connectivity index (χ2v) is 7.16. The van der Waals surface area contributed by atoms with Crippen LogP contribution in [0.25, 0.3) is 0 Å². The lowest BCUT2D eigenvalue weighted by molar-refractivity contribution is 0.132. The number of benzene rings is 1. The molecule has 1 aromatic rings. The van der Waals surface area contributed by atoms with Gasteiger partial charge in [0.2, 0.25) is 0 Å². The van der Waals surface area contributed by atoms with E-state index in [1.54, 1.807) is 12.1 Å². The van der Waals surface area contributed by atoms with Gasteiger partial charge < -0.3 is 5.01 Å². The zero-order valence-corrected chi connectivity index (χ0v) is 13.6. The van der Waals surface area contributed by atoms with Crippen LogP contribution in [-0.2, 0) is 0 Å². The Bertz CT molecular complexity index is 688. The van der Waals surface area contributed by atoms with Crippen LogP contribution >= 0.6 is 0 Å². The summed E-state index contributed by atoms with van der Waals surface area (Å²) in [5, 5.41) is 2.20. The minimum atomic E-state index is -0.163. The minimum Gasteiger partial charge on any atom is -0.310 e. The minimum absolute atomic E-state index is 0.133. The molecule has 0 spiro atoms. The fraction of sp³-hybridized carbons (Fsp3) is 0.400. The highest BCUT2D eigenvalue weighted by Gasteiger charge is 2.48. The molecule has 1 heterocycles. The summed E-state index contributed by atoms with van der Waals surface area (Å²) >= 11 is 0. The fourth-order valence-corrected chi connectivity index (χ4v) is 4.40. The van der Waals surface area contributed by atoms with Crippen molar-refractivity contribution in [1.29, 1.82) is 0 Å². The van der Waals surface area contributed by atoms with Gasteiger partial charge in [-0.3, -0.25) is 0 Å². The van der Waals surface area contributed by atoms with Crippen molar-refractivity contribution in [3.8, 4) is 0 Å². The quantitative estimate of drug-likeness (QED) is 0.876. The normalized spacial score (nSPS) is 32.7. The van der Waals surface area contributed by atoms with E-state index in [4.69, 9.17) is 0 Å². The standard InChI is InChI=1S/C20H23FN2/c1-3-23-20(2)12-16-5-4-15(14-6-8-19(21)9-7-14)10-17(16)11-18(20)13-22-23/h3,5-10,15,18,22H,1,4,11-13H2,2H3. The van der Waals surface area contributed by atoms with Crippen LogP contribution in [0.3, 0.4) is 0 Å². The molecular weight excluding hydrogens is 287 g/mol. The first kappa shape index (κ1) is 14.7. The van der Waals surface area contributed by atoms with E-state index < -0.39 is 0 Å². The third-order valence-corrected chi connectivity index (χ3v) is 5.87. The molecule has 3 aliphatic rings. The first-order valence-corrected chi connectivity index (χ1v) is 8.41. The van der Waals surface area contributed by atoms with Crippen molar-refractivity contribution in [3.05, 3.63) is 71.7 Å². The summed E-state index contributed by atoms with van der Waals surface area (Å²) in [6, 6.07) is 6.96. The summed E-state index contributed by atoms with van der Waals surface area (Å²) in [6.07, 6.45) is 9.91. The Balaban J connectivity index is 1.60. The average molecular weight is 310 g/mol. The summed E-state index contributed by atoms with van der Waals surface area (Å²) in [6.45, 7) is 7.29. The van der Waals surface area contributed by atoms with Gasteiger partial charge in [-0.1, -0.05) is 30.9 Å². The van der Waals surface area contributed by atoms with Crippen molar-refractivity contribution in [2.45, 2.75) is 37.6 Å². The van der Waals surface area contributed by atoms with Gasteiger partial charge in [0, 0.05) is 24.6 Å². The highest BCUT2D eigenvalue weighted by molar-refractivity contribution is 5.44. The zero-order chi connectivity index (χ0) is 16.0. The molecule has 1 N–H and O–H groups in total. The van der Waals surface area contributed by atoms with Gasteiger partial charge in [0.15, 0.2) is 0 Å². The van der Waals surface area contributed by atoms with Crippen molar-refractivity contribution in [3.63, 3.8) is 0 Å². The lowest BCUT2D eigenvalue weighted by Crippen LogP contribution is -2.47. The maximum absolute atomic E-state index is 13.1. The van der Waals surface area contributed by atoms with Gasteiger partial charge in [0.05, 0.1) is 5.54 Å². The molecule has 1 saturated heterocycles. The van der Waals surface area contributed by atoms with Crippen LogP contribution in [0.5, 0.6) is 0 Å². The van der Waals surface area contributed by atoms with E-state index in [1.165, 1.54) is 16.7 Å². The molecule has 1 aliphatic heterocycles. The van der Waals surface area contributed by atoms with Crippen LogP contribution in [0.4, 0.5) is 4.39 Å². The molecule has 2 nitrogen and oxygen atoms in total. The number of nitrogens with one attached hydrogen (secondary N) is 1. The van der Waals surface area contributed by atoms with Gasteiger partial charge in [-0.2, -0.15) is 0 Å².